The second-order valence-corrected chi connectivity index (χ2v) is 12.7. The number of aliphatic hydroxyl groups excluding tert-OH is 1. The number of benzene rings is 1. The Hall–Kier alpha value is -3.34. The van der Waals surface area contributed by atoms with Crippen molar-refractivity contribution >= 4 is 23.5 Å². The lowest BCUT2D eigenvalue weighted by Gasteiger charge is -2.63. The van der Waals surface area contributed by atoms with E-state index in [9.17, 15) is 33.1 Å². The second kappa shape index (κ2) is 10.4. The summed E-state index contributed by atoms with van der Waals surface area (Å²) in [4.78, 5) is 51.6. The quantitative estimate of drug-likeness (QED) is 0.278. The van der Waals surface area contributed by atoms with Crippen molar-refractivity contribution in [3.05, 3.63) is 59.2 Å². The number of halogens is 4. The molecule has 5 rings (SSSR count). The van der Waals surface area contributed by atoms with Crippen molar-refractivity contribution in [3.8, 4) is 0 Å². The number of carbonyl (C=O) groups excluding carboxylic acids is 4. The van der Waals surface area contributed by atoms with E-state index in [1.165, 1.54) is 19.9 Å². The van der Waals surface area contributed by atoms with Gasteiger partial charge in [-0.2, -0.15) is 0 Å². The molecule has 4 aliphatic carbocycles. The zero-order valence-corrected chi connectivity index (χ0v) is 24.3. The number of Topliss-reactive ketones (excluding diaryl/α,β-unsaturated/α-hetero) is 1. The molecule has 7 nitrogen and oxygen atoms in total. The van der Waals surface area contributed by atoms with Crippen molar-refractivity contribution in [3.63, 3.8) is 0 Å². The molecule has 1 aromatic rings. The van der Waals surface area contributed by atoms with Crippen molar-refractivity contribution in [2.24, 2.45) is 28.6 Å². The molecule has 3 saturated carbocycles. The fourth-order valence-electron chi connectivity index (χ4n) is 8.46. The van der Waals surface area contributed by atoms with E-state index in [1.54, 1.807) is 13.8 Å². The molecule has 0 radical (unpaired) electrons. The van der Waals surface area contributed by atoms with E-state index in [2.05, 4.69) is 0 Å². The highest BCUT2D eigenvalue weighted by molar-refractivity contribution is 6.01. The number of esters is 2. The largest absolute Gasteiger partial charge is 0.454 e. The van der Waals surface area contributed by atoms with Crippen LogP contribution in [0.25, 0.3) is 0 Å². The van der Waals surface area contributed by atoms with Gasteiger partial charge in [-0.15, -0.1) is 0 Å². The fraction of sp³-hybridized carbons (Fsp3) is 0.562. The lowest BCUT2D eigenvalue weighted by atomic mass is 9.44. The van der Waals surface area contributed by atoms with E-state index >= 15 is 8.78 Å². The molecule has 43 heavy (non-hydrogen) atoms. The predicted octanol–water partition coefficient (Wildman–Crippen LogP) is 4.95. The van der Waals surface area contributed by atoms with Gasteiger partial charge in [0.05, 0.1) is 6.10 Å². The van der Waals surface area contributed by atoms with E-state index in [0.717, 1.165) is 24.3 Å². The molecule has 11 heteroatoms. The smallest absolute Gasteiger partial charge is 0.351 e. The molecule has 0 saturated heterocycles. The Morgan fingerprint density at radius 3 is 2.44 bits per heavy atom. The molecule has 0 aromatic heterocycles. The summed E-state index contributed by atoms with van der Waals surface area (Å²) in [6.45, 7) is 5.26. The van der Waals surface area contributed by atoms with Gasteiger partial charge in [0.2, 0.25) is 5.60 Å². The Labute approximate surface area is 246 Å². The summed E-state index contributed by atoms with van der Waals surface area (Å²) in [5.74, 6) is -8.36. The number of ketones is 2. The van der Waals surface area contributed by atoms with Gasteiger partial charge in [-0.05, 0) is 68.0 Å². The van der Waals surface area contributed by atoms with E-state index in [4.69, 9.17) is 9.47 Å². The number of hydrogen-bond donors (Lipinski definition) is 1. The minimum Gasteiger partial charge on any atom is -0.454 e. The predicted molar refractivity (Wildman–Crippen MR) is 144 cm³/mol. The molecule has 3 fully saturated rings. The number of ether oxygens (including phenoxy) is 2. The first-order valence-electron chi connectivity index (χ1n) is 14.4. The van der Waals surface area contributed by atoms with Crippen LogP contribution in [0.3, 0.4) is 0 Å². The molecule has 9 atom stereocenters. The third-order valence-corrected chi connectivity index (χ3v) is 10.6. The Morgan fingerprint density at radius 1 is 1.09 bits per heavy atom. The minimum absolute atomic E-state index is 0.0497. The first-order chi connectivity index (χ1) is 20.1. The highest BCUT2D eigenvalue weighted by Gasteiger charge is 2.78. The summed E-state index contributed by atoms with van der Waals surface area (Å²) < 4.78 is 71.6. The SMILES string of the molecule is CCC(=O)O[C@]1(C(=O)OCC(=O)c2ccc(F)c(F)c2)[C@H](C)C[C@H]2[C@@H]3C[C@H](F)C4=CC(=O)C=C[C@]4(C)[C@@]3(F)[C@@H](O)C[C@@]21C. The molecular formula is C32H34F4O7. The van der Waals surface area contributed by atoms with E-state index < -0.39 is 93.9 Å². The van der Waals surface area contributed by atoms with Gasteiger partial charge in [0.1, 0.15) is 6.17 Å². The summed E-state index contributed by atoms with van der Waals surface area (Å²) >= 11 is 0. The van der Waals surface area contributed by atoms with Gasteiger partial charge < -0.3 is 14.6 Å². The van der Waals surface area contributed by atoms with Gasteiger partial charge in [0.15, 0.2) is 35.5 Å². The van der Waals surface area contributed by atoms with Crippen molar-refractivity contribution in [2.45, 2.75) is 76.9 Å². The molecule has 232 valence electrons. The molecule has 1 aromatic carbocycles. The standard InChI is InChI=1S/C32H34F4O7/c1-5-27(40)43-32(28(41)42-15-25(38)17-6-7-22(33)24(35)11-17)16(2)10-19-20-13-23(34)21-12-18(37)8-9-29(21,3)31(20,36)26(39)14-30(19,32)4/h6-9,11-12,16,19-20,23,26,39H,5,10,13-15H2,1-4H3/t16-,19+,20+,23+,26+,29+,30+,31+,32+/m1/s1. The molecule has 0 heterocycles. The van der Waals surface area contributed by atoms with Gasteiger partial charge >= 0.3 is 11.9 Å². The van der Waals surface area contributed by atoms with Crippen molar-refractivity contribution in [2.75, 3.05) is 6.61 Å². The van der Waals surface area contributed by atoms with E-state index in [0.29, 0.717) is 6.07 Å². The van der Waals surface area contributed by atoms with Gasteiger partial charge in [0, 0.05) is 34.7 Å². The molecule has 0 amide bonds. The lowest BCUT2D eigenvalue weighted by molar-refractivity contribution is -0.238. The van der Waals surface area contributed by atoms with Crippen LogP contribution in [0.5, 0.6) is 0 Å². The molecule has 0 bridgehead atoms. The van der Waals surface area contributed by atoms with Gasteiger partial charge in [-0.25, -0.2) is 22.4 Å². The minimum atomic E-state index is -2.42. The Bertz CT molecular complexity index is 1460. The zero-order valence-electron chi connectivity index (χ0n) is 24.3. The zero-order chi connectivity index (χ0) is 31.7. The Balaban J connectivity index is 1.53. The number of fused-ring (bicyclic) bond motifs is 5. The lowest BCUT2D eigenvalue weighted by Crippen LogP contribution is -2.71. The molecular weight excluding hydrogens is 572 g/mol. The van der Waals surface area contributed by atoms with E-state index in [-0.39, 0.29) is 36.8 Å². The summed E-state index contributed by atoms with van der Waals surface area (Å²) in [5, 5.41) is 11.6. The average Bonchev–Trinajstić information content (AvgIpc) is 3.17. The molecule has 0 aliphatic heterocycles. The highest BCUT2D eigenvalue weighted by Crippen LogP contribution is 2.71. The number of carbonyl (C=O) groups is 4. The van der Waals surface area contributed by atoms with Crippen LogP contribution in [0.1, 0.15) is 63.7 Å². The first-order valence-corrected chi connectivity index (χ1v) is 14.4. The number of rotatable bonds is 6. The van der Waals surface area contributed by atoms with Gasteiger partial charge in [-0.1, -0.05) is 26.8 Å². The average molecular weight is 607 g/mol. The third kappa shape index (κ3) is 4.24. The van der Waals surface area contributed by atoms with Crippen LogP contribution in [-0.2, 0) is 23.9 Å². The summed E-state index contributed by atoms with van der Waals surface area (Å²) in [7, 11) is 0. The maximum absolute atomic E-state index is 17.5. The van der Waals surface area contributed by atoms with Crippen LogP contribution in [-0.4, -0.2) is 58.8 Å². The molecule has 4 aliphatic rings. The number of allylic oxidation sites excluding steroid dienone is 4. The Kier molecular flexibility index (Phi) is 7.51. The van der Waals surface area contributed by atoms with Crippen LogP contribution in [0.4, 0.5) is 17.6 Å². The van der Waals surface area contributed by atoms with Crippen LogP contribution in [0, 0.1) is 40.2 Å². The monoisotopic (exact) mass is 606 g/mol. The van der Waals surface area contributed by atoms with Crippen molar-refractivity contribution in [1.29, 1.82) is 0 Å². The third-order valence-electron chi connectivity index (χ3n) is 10.6. The number of hydrogen-bond acceptors (Lipinski definition) is 7. The normalized spacial score (nSPS) is 39.7. The number of aliphatic hydroxyl groups is 1. The fourth-order valence-corrected chi connectivity index (χ4v) is 8.46. The molecule has 0 spiro atoms. The Morgan fingerprint density at radius 2 is 1.79 bits per heavy atom. The molecule has 1 N–H and O–H groups in total. The highest BCUT2D eigenvalue weighted by atomic mass is 19.2. The van der Waals surface area contributed by atoms with Crippen molar-refractivity contribution in [1.82, 2.24) is 0 Å². The van der Waals surface area contributed by atoms with Gasteiger partial charge in [-0.3, -0.25) is 14.4 Å². The summed E-state index contributed by atoms with van der Waals surface area (Å²) in [6.07, 6.45) is -0.701. The topological polar surface area (TPSA) is 107 Å². The maximum atomic E-state index is 17.5. The van der Waals surface area contributed by atoms with Crippen LogP contribution >= 0.6 is 0 Å². The second-order valence-electron chi connectivity index (χ2n) is 12.7. The first kappa shape index (κ1) is 31.1. The maximum Gasteiger partial charge on any atom is 0.351 e. The van der Waals surface area contributed by atoms with Crippen LogP contribution < -0.4 is 0 Å². The van der Waals surface area contributed by atoms with Gasteiger partial charge in [0.25, 0.3) is 0 Å². The van der Waals surface area contributed by atoms with Crippen molar-refractivity contribution < 1.29 is 51.3 Å². The molecule has 0 unspecified atom stereocenters. The summed E-state index contributed by atoms with van der Waals surface area (Å²) in [6, 6.07) is 2.45. The summed E-state index contributed by atoms with van der Waals surface area (Å²) in [5.41, 5.74) is -7.90. The van der Waals surface area contributed by atoms with E-state index in [1.807, 2.05) is 0 Å². The van der Waals surface area contributed by atoms with Crippen LogP contribution in [0.2, 0.25) is 0 Å². The number of alkyl halides is 2. The van der Waals surface area contributed by atoms with Crippen LogP contribution in [0.15, 0.2) is 42.0 Å².